The summed E-state index contributed by atoms with van der Waals surface area (Å²) in [4.78, 5) is 27.6. The second-order valence-corrected chi connectivity index (χ2v) is 7.80. The highest BCUT2D eigenvalue weighted by atomic mass is 16.4. The van der Waals surface area contributed by atoms with Gasteiger partial charge >= 0.3 is 6.09 Å². The summed E-state index contributed by atoms with van der Waals surface area (Å²) < 4.78 is 1.71. The Kier molecular flexibility index (Phi) is 4.97. The van der Waals surface area contributed by atoms with Crippen LogP contribution in [0.2, 0.25) is 0 Å². The maximum absolute atomic E-state index is 12.2. The fourth-order valence-electron chi connectivity index (χ4n) is 3.29. The van der Waals surface area contributed by atoms with Gasteiger partial charge in [0.15, 0.2) is 0 Å². The van der Waals surface area contributed by atoms with Crippen molar-refractivity contribution in [1.29, 1.82) is 0 Å². The molecule has 1 saturated heterocycles. The fraction of sp³-hybridized carbons (Fsp3) is 0.667. The summed E-state index contributed by atoms with van der Waals surface area (Å²) in [6.45, 7) is 12.5. The van der Waals surface area contributed by atoms with Crippen LogP contribution in [0.3, 0.4) is 0 Å². The zero-order valence-corrected chi connectivity index (χ0v) is 15.4. The third-order valence-corrected chi connectivity index (χ3v) is 5.34. The van der Waals surface area contributed by atoms with E-state index in [1.54, 1.807) is 15.5 Å². The molecule has 0 unspecified atom stereocenters. The van der Waals surface area contributed by atoms with E-state index in [1.807, 2.05) is 26.1 Å². The molecule has 1 atom stereocenters. The monoisotopic (exact) mass is 335 g/mol. The number of piperazine rings is 1. The lowest BCUT2D eigenvalue weighted by Crippen LogP contribution is -2.67. The summed E-state index contributed by atoms with van der Waals surface area (Å²) in [6, 6.07) is 3.62. The van der Waals surface area contributed by atoms with Crippen LogP contribution in [0.5, 0.6) is 0 Å². The highest BCUT2D eigenvalue weighted by molar-refractivity contribution is 5.67. The van der Waals surface area contributed by atoms with Crippen LogP contribution in [0.15, 0.2) is 23.1 Å². The Morgan fingerprint density at radius 3 is 2.50 bits per heavy atom. The topological polar surface area (TPSA) is 65.8 Å². The summed E-state index contributed by atoms with van der Waals surface area (Å²) in [5.41, 5.74) is 0.108. The lowest BCUT2D eigenvalue weighted by Gasteiger charge is -2.54. The van der Waals surface area contributed by atoms with E-state index in [9.17, 15) is 14.7 Å². The zero-order valence-electron chi connectivity index (χ0n) is 15.4. The van der Waals surface area contributed by atoms with E-state index in [0.717, 1.165) is 12.1 Å². The van der Waals surface area contributed by atoms with Crippen molar-refractivity contribution in [3.8, 4) is 0 Å². The number of aryl methyl sites for hydroxylation is 1. The first-order chi connectivity index (χ1) is 11.1. The third kappa shape index (κ3) is 3.28. The van der Waals surface area contributed by atoms with Crippen molar-refractivity contribution in [2.75, 3.05) is 24.5 Å². The van der Waals surface area contributed by atoms with Gasteiger partial charge in [0.05, 0.1) is 5.54 Å². The van der Waals surface area contributed by atoms with Gasteiger partial charge in [0.25, 0.3) is 5.56 Å². The minimum atomic E-state index is -0.884. The molecule has 0 spiro atoms. The number of hydrogen-bond donors (Lipinski definition) is 1. The summed E-state index contributed by atoms with van der Waals surface area (Å²) >= 11 is 0. The molecule has 0 saturated carbocycles. The van der Waals surface area contributed by atoms with Gasteiger partial charge in [0.2, 0.25) is 0 Å². The van der Waals surface area contributed by atoms with Crippen LogP contribution in [-0.4, -0.2) is 45.8 Å². The Hall–Kier alpha value is -1.98. The minimum absolute atomic E-state index is 0.00697. The lowest BCUT2D eigenvalue weighted by atomic mass is 9.72. The number of nitrogens with zero attached hydrogens (tertiary/aromatic N) is 3. The molecule has 1 aliphatic rings. The van der Waals surface area contributed by atoms with Gasteiger partial charge in [-0.15, -0.1) is 0 Å². The van der Waals surface area contributed by atoms with Gasteiger partial charge in [-0.2, -0.15) is 0 Å². The molecule has 1 fully saturated rings. The molecule has 1 amide bonds. The van der Waals surface area contributed by atoms with Gasteiger partial charge < -0.3 is 14.6 Å². The van der Waals surface area contributed by atoms with Crippen molar-refractivity contribution < 1.29 is 9.90 Å². The highest BCUT2D eigenvalue weighted by Crippen LogP contribution is 2.39. The highest BCUT2D eigenvalue weighted by Gasteiger charge is 2.48. The predicted molar refractivity (Wildman–Crippen MR) is 95.8 cm³/mol. The first-order valence-electron chi connectivity index (χ1n) is 8.56. The Labute approximate surface area is 143 Å². The minimum Gasteiger partial charge on any atom is -0.465 e. The molecule has 0 aromatic carbocycles. The van der Waals surface area contributed by atoms with Crippen molar-refractivity contribution in [2.24, 2.45) is 5.41 Å². The van der Waals surface area contributed by atoms with Crippen LogP contribution >= 0.6 is 0 Å². The number of carbonyl (C=O) groups is 1. The van der Waals surface area contributed by atoms with Crippen LogP contribution in [0, 0.1) is 5.41 Å². The molecule has 1 aromatic rings. The summed E-state index contributed by atoms with van der Waals surface area (Å²) in [5.74, 6) is 0. The van der Waals surface area contributed by atoms with Gasteiger partial charge in [-0.05, 0) is 24.8 Å². The molecule has 1 N–H and O–H groups in total. The van der Waals surface area contributed by atoms with E-state index in [0.29, 0.717) is 26.2 Å². The van der Waals surface area contributed by atoms with Crippen LogP contribution in [0.25, 0.3) is 0 Å². The molecule has 2 heterocycles. The normalized spacial score (nSPS) is 21.9. The van der Waals surface area contributed by atoms with Crippen molar-refractivity contribution in [3.63, 3.8) is 0 Å². The van der Waals surface area contributed by atoms with E-state index >= 15 is 0 Å². The standard InChI is InChI=1S/C18H29N3O3/c1-6-8-19-9-7-14(12-15(19)22)20-10-11-21(16(23)24)18(5,13-20)17(2,3)4/h7,9,12H,6,8,10-11,13H2,1-5H3,(H,23,24)/t18-/m0/s1. The van der Waals surface area contributed by atoms with Gasteiger partial charge in [-0.25, -0.2) is 4.79 Å². The molecule has 1 aliphatic heterocycles. The quantitative estimate of drug-likeness (QED) is 0.922. The largest absolute Gasteiger partial charge is 0.465 e. The van der Waals surface area contributed by atoms with Crippen molar-refractivity contribution in [1.82, 2.24) is 9.47 Å². The molecule has 0 radical (unpaired) electrons. The van der Waals surface area contributed by atoms with Gasteiger partial charge in [0.1, 0.15) is 0 Å². The Bertz CT molecular complexity index is 662. The Morgan fingerprint density at radius 2 is 2.00 bits per heavy atom. The van der Waals surface area contributed by atoms with Crippen molar-refractivity contribution in [2.45, 2.75) is 53.1 Å². The lowest BCUT2D eigenvalue weighted by molar-refractivity contribution is 0.00745. The molecular formula is C18H29N3O3. The summed E-state index contributed by atoms with van der Waals surface area (Å²) in [6.07, 6.45) is 1.86. The Morgan fingerprint density at radius 1 is 1.33 bits per heavy atom. The maximum atomic E-state index is 12.2. The van der Waals surface area contributed by atoms with Crippen LogP contribution in [0.4, 0.5) is 10.5 Å². The Balaban J connectivity index is 2.33. The molecule has 24 heavy (non-hydrogen) atoms. The van der Waals surface area contributed by atoms with Gasteiger partial charge in [-0.3, -0.25) is 9.69 Å². The maximum Gasteiger partial charge on any atom is 0.407 e. The molecule has 6 nitrogen and oxygen atoms in total. The number of rotatable bonds is 3. The first-order valence-corrected chi connectivity index (χ1v) is 8.56. The van der Waals surface area contributed by atoms with Gasteiger partial charge in [-0.1, -0.05) is 27.7 Å². The molecule has 6 heteroatoms. The molecule has 2 rings (SSSR count). The van der Waals surface area contributed by atoms with E-state index < -0.39 is 11.6 Å². The molecule has 0 bridgehead atoms. The first kappa shape index (κ1) is 18.4. The zero-order chi connectivity index (χ0) is 18.1. The second kappa shape index (κ2) is 6.49. The number of aromatic nitrogens is 1. The molecule has 134 valence electrons. The SMILES string of the molecule is CCCn1ccc(N2CCN(C(=O)O)[C@](C)(C(C)(C)C)C2)cc1=O. The third-order valence-electron chi connectivity index (χ3n) is 5.34. The number of anilines is 1. The van der Waals surface area contributed by atoms with Crippen LogP contribution in [0.1, 0.15) is 41.0 Å². The summed E-state index contributed by atoms with van der Waals surface area (Å²) in [5, 5.41) is 9.59. The number of amides is 1. The second-order valence-electron chi connectivity index (χ2n) is 7.80. The van der Waals surface area contributed by atoms with E-state index in [-0.39, 0.29) is 11.0 Å². The van der Waals surface area contributed by atoms with E-state index in [1.165, 1.54) is 0 Å². The van der Waals surface area contributed by atoms with Crippen LogP contribution < -0.4 is 10.5 Å². The molecular weight excluding hydrogens is 306 g/mol. The number of pyridine rings is 1. The number of carboxylic acid groups (broad SMARTS) is 1. The molecule has 0 aliphatic carbocycles. The van der Waals surface area contributed by atoms with Crippen molar-refractivity contribution in [3.05, 3.63) is 28.7 Å². The van der Waals surface area contributed by atoms with Crippen LogP contribution in [-0.2, 0) is 6.54 Å². The fourth-order valence-corrected chi connectivity index (χ4v) is 3.29. The average Bonchev–Trinajstić information content (AvgIpc) is 2.48. The van der Waals surface area contributed by atoms with Gasteiger partial charge in [0, 0.05) is 44.1 Å². The molecule has 1 aromatic heterocycles. The summed E-state index contributed by atoms with van der Waals surface area (Å²) in [7, 11) is 0. The van der Waals surface area contributed by atoms with E-state index in [4.69, 9.17) is 0 Å². The average molecular weight is 335 g/mol. The predicted octanol–water partition coefficient (Wildman–Crippen LogP) is 2.86. The van der Waals surface area contributed by atoms with Crippen molar-refractivity contribution >= 4 is 11.8 Å². The number of hydrogen-bond acceptors (Lipinski definition) is 3. The van der Waals surface area contributed by atoms with E-state index in [2.05, 4.69) is 25.7 Å². The smallest absolute Gasteiger partial charge is 0.407 e.